The summed E-state index contributed by atoms with van der Waals surface area (Å²) in [5.74, 6) is 0.933. The summed E-state index contributed by atoms with van der Waals surface area (Å²) < 4.78 is 26.2. The maximum Gasteiger partial charge on any atom is 0.236 e. The second-order valence-corrected chi connectivity index (χ2v) is 7.65. The lowest BCUT2D eigenvalue weighted by Crippen LogP contribution is -2.30. The van der Waals surface area contributed by atoms with Gasteiger partial charge in [-0.3, -0.25) is 0 Å². The molecule has 20 heavy (non-hydrogen) atoms. The standard InChI is InChI=1S/C14H17ClN2O2S/c15-14-3-1-11(2-4-14)5-6-20(18,19)17-9-12-7-16-8-13(12)10-17/h1-6,12-13,16H,7-10H2/b6-5+/t12-,13+. The van der Waals surface area contributed by atoms with Crippen molar-refractivity contribution in [2.75, 3.05) is 26.2 Å². The molecule has 3 rings (SSSR count). The molecule has 108 valence electrons. The van der Waals surface area contributed by atoms with Gasteiger partial charge in [0.15, 0.2) is 0 Å². The van der Waals surface area contributed by atoms with E-state index in [1.807, 2.05) is 0 Å². The minimum atomic E-state index is -3.32. The van der Waals surface area contributed by atoms with Crippen LogP contribution in [0.3, 0.4) is 0 Å². The topological polar surface area (TPSA) is 49.4 Å². The van der Waals surface area contributed by atoms with Crippen molar-refractivity contribution in [1.29, 1.82) is 0 Å². The highest BCUT2D eigenvalue weighted by Gasteiger charge is 2.40. The molecule has 4 nitrogen and oxygen atoms in total. The second kappa shape index (κ2) is 5.48. The molecule has 2 atom stereocenters. The first kappa shape index (κ1) is 14.1. The summed E-state index contributed by atoms with van der Waals surface area (Å²) >= 11 is 5.80. The van der Waals surface area contributed by atoms with Crippen molar-refractivity contribution in [2.24, 2.45) is 11.8 Å². The zero-order valence-corrected chi connectivity index (χ0v) is 12.6. The van der Waals surface area contributed by atoms with E-state index in [1.54, 1.807) is 34.6 Å². The van der Waals surface area contributed by atoms with Crippen LogP contribution in [0, 0.1) is 11.8 Å². The van der Waals surface area contributed by atoms with E-state index in [1.165, 1.54) is 5.41 Å². The zero-order valence-electron chi connectivity index (χ0n) is 11.0. The van der Waals surface area contributed by atoms with E-state index in [4.69, 9.17) is 11.6 Å². The monoisotopic (exact) mass is 312 g/mol. The maximum atomic E-state index is 12.3. The molecule has 0 aliphatic carbocycles. The van der Waals surface area contributed by atoms with E-state index < -0.39 is 10.0 Å². The number of nitrogens with one attached hydrogen (secondary N) is 1. The minimum Gasteiger partial charge on any atom is -0.316 e. The highest BCUT2D eigenvalue weighted by Crippen LogP contribution is 2.28. The molecule has 0 unspecified atom stereocenters. The molecule has 0 spiro atoms. The predicted octanol–water partition coefficient (Wildman–Crippen LogP) is 1.79. The summed E-state index contributed by atoms with van der Waals surface area (Å²) in [6, 6.07) is 7.10. The smallest absolute Gasteiger partial charge is 0.236 e. The molecule has 1 aromatic carbocycles. The molecule has 1 N–H and O–H groups in total. The van der Waals surface area contributed by atoms with Gasteiger partial charge in [0.2, 0.25) is 10.0 Å². The summed E-state index contributed by atoms with van der Waals surface area (Å²) in [7, 11) is -3.32. The van der Waals surface area contributed by atoms with Crippen molar-refractivity contribution >= 4 is 27.7 Å². The first-order chi connectivity index (χ1) is 9.54. The maximum absolute atomic E-state index is 12.3. The van der Waals surface area contributed by atoms with E-state index in [2.05, 4.69) is 5.32 Å². The zero-order chi connectivity index (χ0) is 14.2. The molecule has 1 aromatic rings. The van der Waals surface area contributed by atoms with E-state index in [0.717, 1.165) is 18.7 Å². The van der Waals surface area contributed by atoms with E-state index >= 15 is 0 Å². The average molecular weight is 313 g/mol. The Morgan fingerprint density at radius 3 is 2.35 bits per heavy atom. The molecule has 2 heterocycles. The van der Waals surface area contributed by atoms with Crippen molar-refractivity contribution in [3.8, 4) is 0 Å². The van der Waals surface area contributed by atoms with Gasteiger partial charge in [0.1, 0.15) is 0 Å². The second-order valence-electron chi connectivity index (χ2n) is 5.39. The summed E-state index contributed by atoms with van der Waals surface area (Å²) in [5, 5.41) is 5.25. The number of hydrogen-bond acceptors (Lipinski definition) is 3. The number of fused-ring (bicyclic) bond motifs is 1. The van der Waals surface area contributed by atoms with Crippen molar-refractivity contribution in [3.63, 3.8) is 0 Å². The van der Waals surface area contributed by atoms with E-state index in [-0.39, 0.29) is 0 Å². The number of hydrogen-bond donors (Lipinski definition) is 1. The van der Waals surface area contributed by atoms with Gasteiger partial charge in [-0.25, -0.2) is 8.42 Å². The summed E-state index contributed by atoms with van der Waals surface area (Å²) in [6.07, 6.45) is 1.62. The lowest BCUT2D eigenvalue weighted by Gasteiger charge is -2.14. The van der Waals surface area contributed by atoms with Crippen LogP contribution in [-0.2, 0) is 10.0 Å². The van der Waals surface area contributed by atoms with Gasteiger partial charge in [0, 0.05) is 23.5 Å². The van der Waals surface area contributed by atoms with E-state index in [9.17, 15) is 8.42 Å². The average Bonchev–Trinajstić information content (AvgIpc) is 2.99. The molecular formula is C14H17ClN2O2S. The third-order valence-corrected chi connectivity index (χ3v) is 5.77. The Labute approximate surface area is 124 Å². The van der Waals surface area contributed by atoms with Crippen LogP contribution in [0.2, 0.25) is 5.02 Å². The quantitative estimate of drug-likeness (QED) is 0.926. The fraction of sp³-hybridized carbons (Fsp3) is 0.429. The van der Waals surface area contributed by atoms with Crippen LogP contribution < -0.4 is 5.32 Å². The fourth-order valence-corrected chi connectivity index (χ4v) is 4.27. The summed E-state index contributed by atoms with van der Waals surface area (Å²) in [5.41, 5.74) is 0.832. The molecule has 0 amide bonds. The molecule has 2 fully saturated rings. The Hall–Kier alpha value is -0.880. The van der Waals surface area contributed by atoms with Gasteiger partial charge in [-0.15, -0.1) is 0 Å². The molecule has 2 aliphatic rings. The molecule has 0 bridgehead atoms. The summed E-state index contributed by atoms with van der Waals surface area (Å²) in [4.78, 5) is 0. The Balaban J connectivity index is 1.71. The van der Waals surface area contributed by atoms with E-state index in [0.29, 0.717) is 29.9 Å². The van der Waals surface area contributed by atoms with Crippen molar-refractivity contribution in [2.45, 2.75) is 0 Å². The minimum absolute atomic E-state index is 0.466. The molecule has 2 aliphatic heterocycles. The number of halogens is 1. The number of rotatable bonds is 3. The number of nitrogens with zero attached hydrogens (tertiary/aromatic N) is 1. The third kappa shape index (κ3) is 2.91. The van der Waals surface area contributed by atoms with Crippen LogP contribution in [0.4, 0.5) is 0 Å². The molecule has 0 radical (unpaired) electrons. The predicted molar refractivity (Wildman–Crippen MR) is 80.8 cm³/mol. The lowest BCUT2D eigenvalue weighted by molar-refractivity contribution is 0.455. The Morgan fingerprint density at radius 1 is 1.15 bits per heavy atom. The molecule has 0 saturated carbocycles. The number of sulfonamides is 1. The normalized spacial score (nSPS) is 27.2. The van der Waals surface area contributed by atoms with Gasteiger partial charge < -0.3 is 5.32 Å². The fourth-order valence-electron chi connectivity index (χ4n) is 2.84. The highest BCUT2D eigenvalue weighted by atomic mass is 35.5. The first-order valence-electron chi connectivity index (χ1n) is 6.69. The highest BCUT2D eigenvalue weighted by molar-refractivity contribution is 7.92. The van der Waals surface area contributed by atoms with Crippen molar-refractivity contribution in [1.82, 2.24) is 9.62 Å². The molecule has 0 aromatic heterocycles. The number of benzene rings is 1. The Bertz CT molecular complexity index is 601. The Kier molecular flexibility index (Phi) is 3.86. The molecule has 2 saturated heterocycles. The van der Waals surface area contributed by atoms with Gasteiger partial charge in [-0.2, -0.15) is 4.31 Å². The van der Waals surface area contributed by atoms with Gasteiger partial charge in [0.05, 0.1) is 0 Å². The van der Waals surface area contributed by atoms with Crippen LogP contribution in [0.15, 0.2) is 29.7 Å². The first-order valence-corrected chi connectivity index (χ1v) is 8.57. The van der Waals surface area contributed by atoms with Crippen molar-refractivity contribution < 1.29 is 8.42 Å². The van der Waals surface area contributed by atoms with Crippen LogP contribution in [-0.4, -0.2) is 38.9 Å². The largest absolute Gasteiger partial charge is 0.316 e. The van der Waals surface area contributed by atoms with Gasteiger partial charge >= 0.3 is 0 Å². The summed E-state index contributed by atoms with van der Waals surface area (Å²) in [6.45, 7) is 3.12. The van der Waals surface area contributed by atoms with Crippen LogP contribution in [0.25, 0.3) is 6.08 Å². The van der Waals surface area contributed by atoms with Crippen LogP contribution in [0.1, 0.15) is 5.56 Å². The van der Waals surface area contributed by atoms with Crippen molar-refractivity contribution in [3.05, 3.63) is 40.3 Å². The van der Waals surface area contributed by atoms with Gasteiger partial charge in [-0.05, 0) is 48.7 Å². The molecule has 6 heteroatoms. The molecular weight excluding hydrogens is 296 g/mol. The van der Waals surface area contributed by atoms with Gasteiger partial charge in [-0.1, -0.05) is 23.7 Å². The SMILES string of the molecule is O=S(=O)(/C=C/c1ccc(Cl)cc1)N1C[C@H]2CNC[C@H]2C1. The Morgan fingerprint density at radius 2 is 1.75 bits per heavy atom. The van der Waals surface area contributed by atoms with Crippen LogP contribution >= 0.6 is 11.6 Å². The van der Waals surface area contributed by atoms with Gasteiger partial charge in [0.25, 0.3) is 0 Å². The third-order valence-electron chi connectivity index (χ3n) is 4.02. The lowest BCUT2D eigenvalue weighted by atomic mass is 10.0. The van der Waals surface area contributed by atoms with Crippen LogP contribution in [0.5, 0.6) is 0 Å².